The van der Waals surface area contributed by atoms with Gasteiger partial charge in [0.15, 0.2) is 0 Å². The molecule has 0 bridgehead atoms. The van der Waals surface area contributed by atoms with E-state index in [0.29, 0.717) is 5.57 Å². The number of amides is 2. The maximum Gasteiger partial charge on any atom is 0.261 e. The van der Waals surface area contributed by atoms with E-state index >= 15 is 0 Å². The van der Waals surface area contributed by atoms with E-state index in [2.05, 4.69) is 0 Å². The van der Waals surface area contributed by atoms with E-state index < -0.39 is 0 Å². The average Bonchev–Trinajstić information content (AvgIpc) is 2.69. The number of nitrogens with zero attached hydrogens (tertiary/aromatic N) is 1. The summed E-state index contributed by atoms with van der Waals surface area (Å²) in [5, 5.41) is 0. The van der Waals surface area contributed by atoms with Crippen LogP contribution in [0, 0.1) is 13.8 Å². The molecule has 0 atom stereocenters. The largest absolute Gasteiger partial charge is 0.496 e. The SMILES string of the molecule is COc1cc(C)c(C2=CC(=O)N(CCN)C2=O)cc1C. The highest BCUT2D eigenvalue weighted by molar-refractivity contribution is 6.33. The van der Waals surface area contributed by atoms with Gasteiger partial charge >= 0.3 is 0 Å². The second-order valence-electron chi connectivity index (χ2n) is 4.78. The third-order valence-electron chi connectivity index (χ3n) is 3.39. The minimum absolute atomic E-state index is 0.242. The topological polar surface area (TPSA) is 72.6 Å². The molecule has 106 valence electrons. The maximum atomic E-state index is 12.3. The summed E-state index contributed by atoms with van der Waals surface area (Å²) in [6.45, 7) is 4.30. The summed E-state index contributed by atoms with van der Waals surface area (Å²) >= 11 is 0. The van der Waals surface area contributed by atoms with E-state index in [9.17, 15) is 9.59 Å². The zero-order valence-corrected chi connectivity index (χ0v) is 11.9. The first-order valence-electron chi connectivity index (χ1n) is 6.42. The molecule has 1 aliphatic rings. The van der Waals surface area contributed by atoms with Gasteiger partial charge in [-0.2, -0.15) is 0 Å². The van der Waals surface area contributed by atoms with Gasteiger partial charge in [0.25, 0.3) is 11.8 Å². The molecular weight excluding hydrogens is 256 g/mol. The van der Waals surface area contributed by atoms with Crippen molar-refractivity contribution in [1.82, 2.24) is 4.90 Å². The van der Waals surface area contributed by atoms with Crippen LogP contribution in [0.25, 0.3) is 5.57 Å². The van der Waals surface area contributed by atoms with Crippen molar-refractivity contribution in [1.29, 1.82) is 0 Å². The summed E-state index contributed by atoms with van der Waals surface area (Å²) in [5.41, 5.74) is 8.43. The van der Waals surface area contributed by atoms with Crippen LogP contribution in [-0.2, 0) is 9.59 Å². The molecule has 5 nitrogen and oxygen atoms in total. The van der Waals surface area contributed by atoms with E-state index in [0.717, 1.165) is 22.4 Å². The highest BCUT2D eigenvalue weighted by Crippen LogP contribution is 2.30. The zero-order valence-electron chi connectivity index (χ0n) is 11.9. The lowest BCUT2D eigenvalue weighted by molar-refractivity contribution is -0.136. The van der Waals surface area contributed by atoms with E-state index in [1.165, 1.54) is 11.0 Å². The molecule has 1 aromatic carbocycles. The van der Waals surface area contributed by atoms with Crippen LogP contribution in [-0.4, -0.2) is 36.9 Å². The second kappa shape index (κ2) is 5.46. The Labute approximate surface area is 118 Å². The van der Waals surface area contributed by atoms with E-state index in [4.69, 9.17) is 10.5 Å². The summed E-state index contributed by atoms with van der Waals surface area (Å²) < 4.78 is 5.25. The first-order chi connectivity index (χ1) is 9.49. The summed E-state index contributed by atoms with van der Waals surface area (Å²) in [7, 11) is 1.61. The van der Waals surface area contributed by atoms with Crippen LogP contribution < -0.4 is 10.5 Å². The fourth-order valence-electron chi connectivity index (χ4n) is 2.34. The zero-order chi connectivity index (χ0) is 14.9. The van der Waals surface area contributed by atoms with Gasteiger partial charge in [0.1, 0.15) is 5.75 Å². The average molecular weight is 274 g/mol. The molecule has 2 rings (SSSR count). The minimum Gasteiger partial charge on any atom is -0.496 e. The Balaban J connectivity index is 2.43. The standard InChI is InChI=1S/C15H18N2O3/c1-9-7-13(20-3)10(2)6-11(9)12-8-14(18)17(5-4-16)15(12)19/h6-8H,4-5,16H2,1-3H3. The van der Waals surface area contributed by atoms with Gasteiger partial charge in [-0.15, -0.1) is 0 Å². The lowest BCUT2D eigenvalue weighted by Gasteiger charge is -2.15. The fraction of sp³-hybridized carbons (Fsp3) is 0.333. The highest BCUT2D eigenvalue weighted by Gasteiger charge is 2.31. The lowest BCUT2D eigenvalue weighted by atomic mass is 9.98. The summed E-state index contributed by atoms with van der Waals surface area (Å²) in [6, 6.07) is 3.74. The van der Waals surface area contributed by atoms with Crippen molar-refractivity contribution in [2.24, 2.45) is 5.73 Å². The molecule has 1 aromatic rings. The molecule has 0 unspecified atom stereocenters. The maximum absolute atomic E-state index is 12.3. The Hall–Kier alpha value is -2.14. The molecule has 0 radical (unpaired) electrons. The third kappa shape index (κ3) is 2.32. The Morgan fingerprint density at radius 2 is 1.90 bits per heavy atom. The second-order valence-corrected chi connectivity index (χ2v) is 4.78. The molecule has 2 N–H and O–H groups in total. The highest BCUT2D eigenvalue weighted by atomic mass is 16.5. The fourth-order valence-corrected chi connectivity index (χ4v) is 2.34. The monoisotopic (exact) mass is 274 g/mol. The predicted octanol–water partition coefficient (Wildman–Crippen LogP) is 1.02. The van der Waals surface area contributed by atoms with Gasteiger partial charge < -0.3 is 10.5 Å². The van der Waals surface area contributed by atoms with Gasteiger partial charge in [-0.05, 0) is 42.7 Å². The van der Waals surface area contributed by atoms with E-state index in [-0.39, 0.29) is 24.9 Å². The van der Waals surface area contributed by atoms with Crippen molar-refractivity contribution in [3.63, 3.8) is 0 Å². The molecule has 5 heteroatoms. The Morgan fingerprint density at radius 1 is 1.20 bits per heavy atom. The molecule has 0 fully saturated rings. The third-order valence-corrected chi connectivity index (χ3v) is 3.39. The van der Waals surface area contributed by atoms with Gasteiger partial charge in [0, 0.05) is 19.2 Å². The normalized spacial score (nSPS) is 14.8. The van der Waals surface area contributed by atoms with Gasteiger partial charge in [-0.25, -0.2) is 0 Å². The van der Waals surface area contributed by atoms with Crippen LogP contribution in [0.1, 0.15) is 16.7 Å². The lowest BCUT2D eigenvalue weighted by Crippen LogP contribution is -2.35. The van der Waals surface area contributed by atoms with Crippen LogP contribution in [0.4, 0.5) is 0 Å². The van der Waals surface area contributed by atoms with Crippen molar-refractivity contribution < 1.29 is 14.3 Å². The summed E-state index contributed by atoms with van der Waals surface area (Å²) in [6.07, 6.45) is 1.38. The first-order valence-corrected chi connectivity index (χ1v) is 6.42. The number of hydrogen-bond acceptors (Lipinski definition) is 4. The Bertz CT molecular complexity index is 605. The van der Waals surface area contributed by atoms with Crippen LogP contribution in [0.15, 0.2) is 18.2 Å². The summed E-state index contributed by atoms with van der Waals surface area (Å²) in [5.74, 6) is 0.180. The smallest absolute Gasteiger partial charge is 0.261 e. The number of carbonyl (C=O) groups is 2. The number of aryl methyl sites for hydroxylation is 2. The van der Waals surface area contributed by atoms with Gasteiger partial charge in [-0.1, -0.05) is 0 Å². The minimum atomic E-state index is -0.302. The van der Waals surface area contributed by atoms with Gasteiger partial charge in [0.05, 0.1) is 12.7 Å². The molecule has 2 amide bonds. The quantitative estimate of drug-likeness (QED) is 0.832. The first kappa shape index (κ1) is 14.3. The molecule has 20 heavy (non-hydrogen) atoms. The Morgan fingerprint density at radius 3 is 2.50 bits per heavy atom. The number of carbonyl (C=O) groups excluding carboxylic acids is 2. The molecule has 1 aliphatic heterocycles. The van der Waals surface area contributed by atoms with Crippen molar-refractivity contribution in [3.8, 4) is 5.75 Å². The number of imide groups is 1. The molecule has 0 spiro atoms. The van der Waals surface area contributed by atoms with E-state index in [1.54, 1.807) is 7.11 Å². The van der Waals surface area contributed by atoms with Gasteiger partial charge in [-0.3, -0.25) is 14.5 Å². The Kier molecular flexibility index (Phi) is 3.90. The van der Waals surface area contributed by atoms with Crippen LogP contribution in [0.5, 0.6) is 5.75 Å². The molecule has 0 aliphatic carbocycles. The van der Waals surface area contributed by atoms with Crippen LogP contribution in [0.2, 0.25) is 0 Å². The van der Waals surface area contributed by atoms with Crippen molar-refractivity contribution in [2.45, 2.75) is 13.8 Å². The number of rotatable bonds is 4. The van der Waals surface area contributed by atoms with Gasteiger partial charge in [0.2, 0.25) is 0 Å². The molecular formula is C15H18N2O3. The van der Waals surface area contributed by atoms with Crippen LogP contribution in [0.3, 0.4) is 0 Å². The number of nitrogens with two attached hydrogens (primary N) is 1. The molecule has 1 heterocycles. The number of ether oxygens (including phenoxy) is 1. The predicted molar refractivity (Wildman–Crippen MR) is 76.2 cm³/mol. The molecule has 0 saturated heterocycles. The van der Waals surface area contributed by atoms with Crippen LogP contribution >= 0.6 is 0 Å². The summed E-state index contributed by atoms with van der Waals surface area (Å²) in [4.78, 5) is 25.3. The number of hydrogen-bond donors (Lipinski definition) is 1. The molecule has 0 aromatic heterocycles. The van der Waals surface area contributed by atoms with Crippen molar-refractivity contribution in [3.05, 3.63) is 34.9 Å². The van der Waals surface area contributed by atoms with E-state index in [1.807, 2.05) is 26.0 Å². The van der Waals surface area contributed by atoms with Crippen molar-refractivity contribution in [2.75, 3.05) is 20.2 Å². The number of benzene rings is 1. The molecule has 0 saturated carbocycles. The number of methoxy groups -OCH3 is 1. The van der Waals surface area contributed by atoms with Crippen molar-refractivity contribution >= 4 is 17.4 Å².